The third-order valence-electron chi connectivity index (χ3n) is 1.51. The fourth-order valence-electron chi connectivity index (χ4n) is 0.927. The van der Waals surface area contributed by atoms with Crippen molar-refractivity contribution in [2.24, 2.45) is 5.11 Å². The SMILES string of the molecule is COC1=CC=CC(=CN=[N+]=[N-])C1. The molecule has 4 heteroatoms. The molecular formula is C8H9N3O. The molecule has 0 aromatic carbocycles. The van der Waals surface area contributed by atoms with Crippen molar-refractivity contribution in [3.8, 4) is 0 Å². The maximum atomic E-state index is 8.06. The van der Waals surface area contributed by atoms with Crippen LogP contribution in [0.25, 0.3) is 10.4 Å². The van der Waals surface area contributed by atoms with Gasteiger partial charge in [-0.3, -0.25) is 0 Å². The fourth-order valence-corrected chi connectivity index (χ4v) is 0.927. The summed E-state index contributed by atoms with van der Waals surface area (Å²) < 4.78 is 5.04. The third kappa shape index (κ3) is 2.18. The van der Waals surface area contributed by atoms with E-state index in [9.17, 15) is 0 Å². The Bertz CT molecular complexity index is 295. The molecule has 0 spiro atoms. The van der Waals surface area contributed by atoms with Crippen LogP contribution in [0.5, 0.6) is 0 Å². The molecule has 0 N–H and O–H groups in total. The highest BCUT2D eigenvalue weighted by atomic mass is 16.5. The van der Waals surface area contributed by atoms with Gasteiger partial charge in [-0.25, -0.2) is 0 Å². The summed E-state index contributed by atoms with van der Waals surface area (Å²) in [5, 5.41) is 3.35. The first-order valence-corrected chi connectivity index (χ1v) is 3.51. The zero-order chi connectivity index (χ0) is 8.81. The molecule has 0 fully saturated rings. The van der Waals surface area contributed by atoms with E-state index in [-0.39, 0.29) is 0 Å². The average Bonchev–Trinajstić information content (AvgIpc) is 2.15. The van der Waals surface area contributed by atoms with Gasteiger partial charge in [0.2, 0.25) is 0 Å². The van der Waals surface area contributed by atoms with Crippen LogP contribution >= 0.6 is 0 Å². The summed E-state index contributed by atoms with van der Waals surface area (Å²) in [6, 6.07) is 0. The Kier molecular flexibility index (Phi) is 2.99. The van der Waals surface area contributed by atoms with Gasteiger partial charge >= 0.3 is 0 Å². The Labute approximate surface area is 70.5 Å². The number of nitrogens with zero attached hydrogens (tertiary/aromatic N) is 3. The van der Waals surface area contributed by atoms with Crippen LogP contribution in [0, 0.1) is 0 Å². The molecule has 0 atom stereocenters. The molecule has 0 aromatic rings. The van der Waals surface area contributed by atoms with Gasteiger partial charge in [0.1, 0.15) is 0 Å². The standard InChI is InChI=1S/C8H9N3O/c1-12-8-4-2-3-7(5-8)6-10-11-9/h2-4,6H,5H2,1H3. The molecule has 12 heavy (non-hydrogen) atoms. The van der Waals surface area contributed by atoms with Crippen LogP contribution in [-0.2, 0) is 4.74 Å². The normalized spacial score (nSPS) is 18.4. The minimum atomic E-state index is 0.687. The lowest BCUT2D eigenvalue weighted by molar-refractivity contribution is 0.283. The van der Waals surface area contributed by atoms with E-state index >= 15 is 0 Å². The quantitative estimate of drug-likeness (QED) is 0.350. The molecule has 1 aliphatic rings. The minimum Gasteiger partial charge on any atom is -0.501 e. The lowest BCUT2D eigenvalue weighted by Crippen LogP contribution is -1.92. The van der Waals surface area contributed by atoms with E-state index in [1.807, 2.05) is 18.2 Å². The molecule has 0 bridgehead atoms. The average molecular weight is 163 g/mol. The van der Waals surface area contributed by atoms with Gasteiger partial charge < -0.3 is 4.74 Å². The van der Waals surface area contributed by atoms with E-state index in [1.165, 1.54) is 6.20 Å². The maximum absolute atomic E-state index is 8.06. The Morgan fingerprint density at radius 3 is 3.25 bits per heavy atom. The number of hydrogen-bond donors (Lipinski definition) is 0. The minimum absolute atomic E-state index is 0.687. The van der Waals surface area contributed by atoms with Crippen molar-refractivity contribution in [1.29, 1.82) is 0 Å². The molecule has 0 saturated heterocycles. The van der Waals surface area contributed by atoms with Gasteiger partial charge in [-0.05, 0) is 17.2 Å². The molecule has 0 aliphatic heterocycles. The van der Waals surface area contributed by atoms with Crippen molar-refractivity contribution in [2.75, 3.05) is 7.11 Å². The van der Waals surface area contributed by atoms with Crippen molar-refractivity contribution in [3.63, 3.8) is 0 Å². The Hall–Kier alpha value is -1.67. The van der Waals surface area contributed by atoms with E-state index in [0.717, 1.165) is 11.3 Å². The molecule has 1 rings (SSSR count). The van der Waals surface area contributed by atoms with E-state index in [1.54, 1.807) is 7.11 Å². The Morgan fingerprint density at radius 1 is 1.75 bits per heavy atom. The summed E-state index contributed by atoms with van der Waals surface area (Å²) in [5.74, 6) is 0.872. The first-order valence-electron chi connectivity index (χ1n) is 3.51. The summed E-state index contributed by atoms with van der Waals surface area (Å²) in [6.45, 7) is 0. The van der Waals surface area contributed by atoms with Crippen LogP contribution in [-0.4, -0.2) is 7.11 Å². The second-order valence-electron chi connectivity index (χ2n) is 2.28. The first kappa shape index (κ1) is 8.43. The van der Waals surface area contributed by atoms with Crippen LogP contribution < -0.4 is 0 Å². The highest BCUT2D eigenvalue weighted by molar-refractivity contribution is 5.31. The van der Waals surface area contributed by atoms with E-state index in [4.69, 9.17) is 10.3 Å². The molecule has 0 unspecified atom stereocenters. The summed E-state index contributed by atoms with van der Waals surface area (Å²) in [4.78, 5) is 2.64. The van der Waals surface area contributed by atoms with Gasteiger partial charge in [0.05, 0.1) is 12.9 Å². The van der Waals surface area contributed by atoms with Crippen LogP contribution in [0.1, 0.15) is 6.42 Å². The number of hydrogen-bond acceptors (Lipinski definition) is 2. The lowest BCUT2D eigenvalue weighted by Gasteiger charge is -2.08. The van der Waals surface area contributed by atoms with E-state index in [2.05, 4.69) is 10.0 Å². The van der Waals surface area contributed by atoms with Crippen LogP contribution in [0.15, 0.2) is 40.9 Å². The van der Waals surface area contributed by atoms with Crippen molar-refractivity contribution < 1.29 is 4.74 Å². The van der Waals surface area contributed by atoms with Gasteiger partial charge in [-0.15, -0.1) is 0 Å². The highest BCUT2D eigenvalue weighted by Gasteiger charge is 2.01. The van der Waals surface area contributed by atoms with Gasteiger partial charge in [0.15, 0.2) is 0 Å². The van der Waals surface area contributed by atoms with Crippen molar-refractivity contribution >= 4 is 0 Å². The predicted molar refractivity (Wildman–Crippen MR) is 46.1 cm³/mol. The summed E-state index contributed by atoms with van der Waals surface area (Å²) in [7, 11) is 1.62. The topological polar surface area (TPSA) is 58.0 Å². The van der Waals surface area contributed by atoms with Crippen LogP contribution in [0.4, 0.5) is 0 Å². The monoisotopic (exact) mass is 163 g/mol. The molecule has 62 valence electrons. The zero-order valence-corrected chi connectivity index (χ0v) is 6.77. The zero-order valence-electron chi connectivity index (χ0n) is 6.77. The molecule has 0 heterocycles. The van der Waals surface area contributed by atoms with E-state index in [0.29, 0.717) is 6.42 Å². The van der Waals surface area contributed by atoms with Gasteiger partial charge in [-0.2, -0.15) is 0 Å². The van der Waals surface area contributed by atoms with Gasteiger partial charge in [0.25, 0.3) is 0 Å². The fraction of sp³-hybridized carbons (Fsp3) is 0.250. The molecule has 0 amide bonds. The van der Waals surface area contributed by atoms with Crippen molar-refractivity contribution in [2.45, 2.75) is 6.42 Å². The maximum Gasteiger partial charge on any atom is 0.0999 e. The summed E-state index contributed by atoms with van der Waals surface area (Å²) in [5.41, 5.74) is 9.01. The smallest absolute Gasteiger partial charge is 0.0999 e. The second kappa shape index (κ2) is 4.26. The number of ether oxygens (including phenoxy) is 1. The molecule has 1 aliphatic carbocycles. The largest absolute Gasteiger partial charge is 0.501 e. The molecule has 4 nitrogen and oxygen atoms in total. The number of allylic oxidation sites excluding steroid dienone is 4. The van der Waals surface area contributed by atoms with E-state index < -0.39 is 0 Å². The summed E-state index contributed by atoms with van der Waals surface area (Å²) in [6.07, 6.45) is 7.81. The first-order chi connectivity index (χ1) is 5.86. The van der Waals surface area contributed by atoms with Crippen molar-refractivity contribution in [3.05, 3.63) is 46.2 Å². The molecule has 0 saturated carbocycles. The van der Waals surface area contributed by atoms with Crippen LogP contribution in [0.3, 0.4) is 0 Å². The Morgan fingerprint density at radius 2 is 2.58 bits per heavy atom. The van der Waals surface area contributed by atoms with Crippen molar-refractivity contribution in [1.82, 2.24) is 0 Å². The Balaban J connectivity index is 2.70. The predicted octanol–water partition coefficient (Wildman–Crippen LogP) is 2.67. The van der Waals surface area contributed by atoms with Crippen LogP contribution in [0.2, 0.25) is 0 Å². The number of rotatable bonds is 2. The third-order valence-corrected chi connectivity index (χ3v) is 1.51. The number of methoxy groups -OCH3 is 1. The lowest BCUT2D eigenvalue weighted by atomic mass is 10.1. The van der Waals surface area contributed by atoms with Gasteiger partial charge in [-0.1, -0.05) is 17.3 Å². The summed E-state index contributed by atoms with van der Waals surface area (Å²) >= 11 is 0. The highest BCUT2D eigenvalue weighted by Crippen LogP contribution is 2.17. The number of azide groups is 1. The molecule has 0 radical (unpaired) electrons. The van der Waals surface area contributed by atoms with Gasteiger partial charge in [0, 0.05) is 17.5 Å². The molecule has 0 aromatic heterocycles. The second-order valence-corrected chi connectivity index (χ2v) is 2.28. The molecular weight excluding hydrogens is 154 g/mol.